The molecular formula is C27H38N4O5. The van der Waals surface area contributed by atoms with Crippen molar-refractivity contribution in [3.05, 3.63) is 23.8 Å². The highest BCUT2D eigenvalue weighted by atomic mass is 16.7. The number of carbonyl (C=O) groups is 3. The molecule has 4 aliphatic heterocycles. The highest BCUT2D eigenvalue weighted by Gasteiger charge is 2.42. The van der Waals surface area contributed by atoms with E-state index in [-0.39, 0.29) is 41.9 Å². The average Bonchev–Trinajstić information content (AvgIpc) is 3.50. The van der Waals surface area contributed by atoms with Crippen LogP contribution in [0.5, 0.6) is 11.5 Å². The molecule has 3 amide bonds. The molecule has 1 aromatic carbocycles. The maximum atomic E-state index is 13.2. The van der Waals surface area contributed by atoms with E-state index in [1.54, 1.807) is 0 Å². The Bertz CT molecular complexity index is 1010. The Morgan fingerprint density at radius 1 is 0.889 bits per heavy atom. The number of piperidine rings is 1. The van der Waals surface area contributed by atoms with Crippen molar-refractivity contribution in [3.63, 3.8) is 0 Å². The molecule has 36 heavy (non-hydrogen) atoms. The van der Waals surface area contributed by atoms with Gasteiger partial charge in [-0.2, -0.15) is 0 Å². The van der Waals surface area contributed by atoms with Gasteiger partial charge < -0.3 is 24.2 Å². The largest absolute Gasteiger partial charge is 0.454 e. The Morgan fingerprint density at radius 2 is 1.53 bits per heavy atom. The maximum absolute atomic E-state index is 13.2. The van der Waals surface area contributed by atoms with Crippen molar-refractivity contribution in [1.82, 2.24) is 19.6 Å². The smallest absolute Gasteiger partial charge is 0.231 e. The maximum Gasteiger partial charge on any atom is 0.231 e. The van der Waals surface area contributed by atoms with Gasteiger partial charge in [0.15, 0.2) is 11.5 Å². The Labute approximate surface area is 213 Å². The van der Waals surface area contributed by atoms with Gasteiger partial charge in [-0.25, -0.2) is 0 Å². The zero-order valence-corrected chi connectivity index (χ0v) is 21.7. The van der Waals surface area contributed by atoms with E-state index in [4.69, 9.17) is 9.47 Å². The number of amides is 3. The predicted molar refractivity (Wildman–Crippen MR) is 133 cm³/mol. The van der Waals surface area contributed by atoms with Crippen LogP contribution in [0.2, 0.25) is 0 Å². The van der Waals surface area contributed by atoms with Crippen molar-refractivity contribution in [1.29, 1.82) is 0 Å². The van der Waals surface area contributed by atoms with E-state index in [9.17, 15) is 14.4 Å². The zero-order chi connectivity index (χ0) is 25.4. The fraction of sp³-hybridized carbons (Fsp3) is 0.667. The molecule has 5 rings (SSSR count). The minimum absolute atomic E-state index is 0.0225. The molecule has 9 nitrogen and oxygen atoms in total. The van der Waals surface area contributed by atoms with Crippen molar-refractivity contribution in [2.45, 2.75) is 52.1 Å². The van der Waals surface area contributed by atoms with Gasteiger partial charge in [0.1, 0.15) is 0 Å². The van der Waals surface area contributed by atoms with E-state index in [2.05, 4.69) is 11.0 Å². The molecule has 3 saturated heterocycles. The Kier molecular flexibility index (Phi) is 6.85. The van der Waals surface area contributed by atoms with E-state index in [1.807, 2.05) is 47.6 Å². The van der Waals surface area contributed by atoms with Crippen LogP contribution in [0, 0.1) is 11.8 Å². The minimum Gasteiger partial charge on any atom is -0.454 e. The van der Waals surface area contributed by atoms with E-state index < -0.39 is 0 Å². The third kappa shape index (κ3) is 5.16. The summed E-state index contributed by atoms with van der Waals surface area (Å²) in [5, 5.41) is 0. The number of piperazine rings is 1. The first kappa shape index (κ1) is 24.9. The van der Waals surface area contributed by atoms with Gasteiger partial charge in [0.25, 0.3) is 0 Å². The van der Waals surface area contributed by atoms with Crippen molar-refractivity contribution in [2.24, 2.45) is 11.8 Å². The molecule has 1 aromatic rings. The summed E-state index contributed by atoms with van der Waals surface area (Å²) >= 11 is 0. The molecule has 0 saturated carbocycles. The van der Waals surface area contributed by atoms with Gasteiger partial charge in [-0.15, -0.1) is 0 Å². The van der Waals surface area contributed by atoms with Gasteiger partial charge in [0, 0.05) is 70.2 Å². The normalized spacial score (nSPS) is 23.5. The van der Waals surface area contributed by atoms with E-state index >= 15 is 0 Å². The van der Waals surface area contributed by atoms with Gasteiger partial charge in [-0.05, 0) is 51.3 Å². The van der Waals surface area contributed by atoms with E-state index in [0.717, 1.165) is 44.2 Å². The van der Waals surface area contributed by atoms with Crippen molar-refractivity contribution < 1.29 is 23.9 Å². The number of likely N-dealkylation sites (tertiary alicyclic amines) is 2. The topological polar surface area (TPSA) is 82.6 Å². The Hall–Kier alpha value is -2.81. The molecule has 0 aromatic heterocycles. The SMILES string of the molecule is CC(C)(C)N1CC(C(=O)N2CCC(C(=O)N3CCN(Cc4ccc5c(c4)OCO5)CC3)CC2)CC1=O. The predicted octanol–water partition coefficient (Wildman–Crippen LogP) is 1.95. The van der Waals surface area contributed by atoms with Gasteiger partial charge in [0.05, 0.1) is 5.92 Å². The summed E-state index contributed by atoms with van der Waals surface area (Å²) in [5.41, 5.74) is 0.922. The lowest BCUT2D eigenvalue weighted by molar-refractivity contribution is -0.143. The third-order valence-corrected chi connectivity index (χ3v) is 7.97. The number of hydrogen-bond donors (Lipinski definition) is 0. The molecule has 9 heteroatoms. The minimum atomic E-state index is -0.264. The molecule has 0 bridgehead atoms. The van der Waals surface area contributed by atoms with Crippen LogP contribution < -0.4 is 9.47 Å². The number of fused-ring (bicyclic) bond motifs is 1. The van der Waals surface area contributed by atoms with Gasteiger partial charge >= 0.3 is 0 Å². The first-order valence-corrected chi connectivity index (χ1v) is 13.2. The summed E-state index contributed by atoms with van der Waals surface area (Å²) in [7, 11) is 0. The molecule has 3 fully saturated rings. The number of rotatable bonds is 4. The van der Waals surface area contributed by atoms with Crippen molar-refractivity contribution in [3.8, 4) is 11.5 Å². The molecule has 4 heterocycles. The molecule has 4 aliphatic rings. The average molecular weight is 499 g/mol. The molecule has 0 N–H and O–H groups in total. The van der Waals surface area contributed by atoms with Gasteiger partial charge in [-0.1, -0.05) is 6.07 Å². The lowest BCUT2D eigenvalue weighted by Crippen LogP contribution is -2.52. The zero-order valence-electron chi connectivity index (χ0n) is 21.7. The van der Waals surface area contributed by atoms with Crippen molar-refractivity contribution in [2.75, 3.05) is 52.6 Å². The molecule has 0 spiro atoms. The number of nitrogens with zero attached hydrogens (tertiary/aromatic N) is 4. The highest BCUT2D eigenvalue weighted by Crippen LogP contribution is 2.33. The van der Waals surface area contributed by atoms with Crippen LogP contribution >= 0.6 is 0 Å². The van der Waals surface area contributed by atoms with Crippen LogP contribution in [0.25, 0.3) is 0 Å². The molecule has 196 valence electrons. The second-order valence-electron chi connectivity index (χ2n) is 11.5. The van der Waals surface area contributed by atoms with Crippen LogP contribution in [0.4, 0.5) is 0 Å². The fourth-order valence-corrected chi connectivity index (χ4v) is 5.81. The fourth-order valence-electron chi connectivity index (χ4n) is 5.81. The summed E-state index contributed by atoms with van der Waals surface area (Å²) in [4.78, 5) is 46.7. The lowest BCUT2D eigenvalue weighted by Gasteiger charge is -2.39. The van der Waals surface area contributed by atoms with Gasteiger partial charge in [-0.3, -0.25) is 19.3 Å². The number of benzene rings is 1. The molecular weight excluding hydrogens is 460 g/mol. The summed E-state index contributed by atoms with van der Waals surface area (Å²) < 4.78 is 10.9. The summed E-state index contributed by atoms with van der Waals surface area (Å²) in [6, 6.07) is 6.07. The molecule has 0 radical (unpaired) electrons. The van der Waals surface area contributed by atoms with E-state index in [1.165, 1.54) is 5.56 Å². The molecule has 1 unspecified atom stereocenters. The lowest BCUT2D eigenvalue weighted by atomic mass is 9.93. The molecule has 1 atom stereocenters. The second kappa shape index (κ2) is 9.92. The quantitative estimate of drug-likeness (QED) is 0.631. The first-order valence-electron chi connectivity index (χ1n) is 13.2. The third-order valence-electron chi connectivity index (χ3n) is 7.97. The number of hydrogen-bond acceptors (Lipinski definition) is 6. The van der Waals surface area contributed by atoms with Crippen LogP contribution in [0.1, 0.15) is 45.6 Å². The second-order valence-corrected chi connectivity index (χ2v) is 11.5. The van der Waals surface area contributed by atoms with Crippen LogP contribution in [-0.2, 0) is 20.9 Å². The Balaban J connectivity index is 1.06. The monoisotopic (exact) mass is 498 g/mol. The molecule has 0 aliphatic carbocycles. The highest BCUT2D eigenvalue weighted by molar-refractivity contribution is 5.90. The van der Waals surface area contributed by atoms with Crippen LogP contribution in [0.3, 0.4) is 0 Å². The number of carbonyl (C=O) groups excluding carboxylic acids is 3. The standard InChI is InChI=1S/C27H38N4O5/c1-27(2,3)31-17-21(15-24(31)32)26(34)29-8-6-20(7-9-29)25(33)30-12-10-28(11-13-30)16-19-4-5-22-23(14-19)36-18-35-22/h4-5,14,20-21H,6-13,15-18H2,1-3H3. The summed E-state index contributed by atoms with van der Waals surface area (Å²) in [6.45, 7) is 12.0. The van der Waals surface area contributed by atoms with Crippen molar-refractivity contribution >= 4 is 17.7 Å². The first-order chi connectivity index (χ1) is 17.2. The Morgan fingerprint density at radius 3 is 2.19 bits per heavy atom. The van der Waals surface area contributed by atoms with E-state index in [0.29, 0.717) is 38.9 Å². The summed E-state index contributed by atoms with van der Waals surface area (Å²) in [5.74, 6) is 1.66. The number of ether oxygens (including phenoxy) is 2. The summed E-state index contributed by atoms with van der Waals surface area (Å²) in [6.07, 6.45) is 1.70. The van der Waals surface area contributed by atoms with Crippen LogP contribution in [-0.4, -0.2) is 95.5 Å². The van der Waals surface area contributed by atoms with Crippen LogP contribution in [0.15, 0.2) is 18.2 Å². The van der Waals surface area contributed by atoms with Gasteiger partial charge in [0.2, 0.25) is 24.5 Å².